The van der Waals surface area contributed by atoms with Gasteiger partial charge in [-0.1, -0.05) is 18.2 Å². The SMILES string of the molecule is Cc1nc(CNC(=O)c2cccc(F)c2)sc1Cc1ccc(F)cc1. The zero-order valence-corrected chi connectivity index (χ0v) is 14.4. The molecule has 25 heavy (non-hydrogen) atoms. The van der Waals surface area contributed by atoms with Crippen molar-refractivity contribution in [1.29, 1.82) is 0 Å². The Bertz CT molecular complexity index is 891. The van der Waals surface area contributed by atoms with Gasteiger partial charge in [0.25, 0.3) is 5.91 Å². The van der Waals surface area contributed by atoms with Crippen LogP contribution in [0.2, 0.25) is 0 Å². The molecule has 6 heteroatoms. The van der Waals surface area contributed by atoms with Crippen LogP contribution in [0.25, 0.3) is 0 Å². The third-order valence-electron chi connectivity index (χ3n) is 3.70. The van der Waals surface area contributed by atoms with E-state index in [-0.39, 0.29) is 23.8 Å². The fourth-order valence-corrected chi connectivity index (χ4v) is 3.45. The zero-order chi connectivity index (χ0) is 17.8. The number of aryl methyl sites for hydroxylation is 1. The van der Waals surface area contributed by atoms with Crippen molar-refractivity contribution >= 4 is 17.2 Å². The number of aromatic nitrogens is 1. The van der Waals surface area contributed by atoms with E-state index in [0.29, 0.717) is 6.42 Å². The molecule has 0 fully saturated rings. The van der Waals surface area contributed by atoms with E-state index in [4.69, 9.17) is 0 Å². The minimum atomic E-state index is -0.445. The summed E-state index contributed by atoms with van der Waals surface area (Å²) < 4.78 is 26.1. The van der Waals surface area contributed by atoms with Gasteiger partial charge < -0.3 is 5.32 Å². The Kier molecular flexibility index (Phi) is 5.19. The van der Waals surface area contributed by atoms with E-state index in [2.05, 4.69) is 10.3 Å². The predicted octanol–water partition coefficient (Wildman–Crippen LogP) is 4.25. The van der Waals surface area contributed by atoms with Crippen LogP contribution >= 0.6 is 11.3 Å². The first-order valence-corrected chi connectivity index (χ1v) is 8.56. The average molecular weight is 358 g/mol. The number of amides is 1. The summed E-state index contributed by atoms with van der Waals surface area (Å²) in [5, 5.41) is 3.52. The molecule has 0 aliphatic heterocycles. The molecule has 0 radical (unpaired) electrons. The van der Waals surface area contributed by atoms with Crippen molar-refractivity contribution in [2.75, 3.05) is 0 Å². The van der Waals surface area contributed by atoms with Gasteiger partial charge in [0.1, 0.15) is 16.6 Å². The highest BCUT2D eigenvalue weighted by Gasteiger charge is 2.11. The number of carbonyl (C=O) groups excluding carboxylic acids is 1. The number of thiazole rings is 1. The molecule has 0 saturated heterocycles. The Morgan fingerprint density at radius 3 is 2.60 bits per heavy atom. The Hall–Kier alpha value is -2.60. The molecule has 0 saturated carbocycles. The van der Waals surface area contributed by atoms with Gasteiger partial charge in [-0.2, -0.15) is 0 Å². The van der Waals surface area contributed by atoms with Gasteiger partial charge in [-0.3, -0.25) is 4.79 Å². The lowest BCUT2D eigenvalue weighted by molar-refractivity contribution is 0.0950. The second-order valence-corrected chi connectivity index (χ2v) is 6.78. The number of hydrogen-bond donors (Lipinski definition) is 1. The van der Waals surface area contributed by atoms with Crippen molar-refractivity contribution < 1.29 is 13.6 Å². The van der Waals surface area contributed by atoms with Crippen LogP contribution in [0.5, 0.6) is 0 Å². The quantitative estimate of drug-likeness (QED) is 0.741. The van der Waals surface area contributed by atoms with Crippen molar-refractivity contribution in [1.82, 2.24) is 10.3 Å². The summed E-state index contributed by atoms with van der Waals surface area (Å²) >= 11 is 1.51. The minimum Gasteiger partial charge on any atom is -0.346 e. The molecule has 0 aliphatic rings. The molecular formula is C19H16F2N2OS. The molecule has 1 N–H and O–H groups in total. The number of nitrogens with zero attached hydrogens (tertiary/aromatic N) is 1. The number of nitrogens with one attached hydrogen (secondary N) is 1. The van der Waals surface area contributed by atoms with E-state index in [1.807, 2.05) is 6.92 Å². The second-order valence-electron chi connectivity index (χ2n) is 5.61. The maximum absolute atomic E-state index is 13.2. The maximum Gasteiger partial charge on any atom is 0.251 e. The first kappa shape index (κ1) is 17.2. The lowest BCUT2D eigenvalue weighted by Crippen LogP contribution is -2.22. The van der Waals surface area contributed by atoms with Gasteiger partial charge in [0, 0.05) is 16.9 Å². The van der Waals surface area contributed by atoms with Crippen molar-refractivity contribution in [3.8, 4) is 0 Å². The Labute approximate surface area is 148 Å². The molecule has 1 amide bonds. The highest BCUT2D eigenvalue weighted by Crippen LogP contribution is 2.22. The highest BCUT2D eigenvalue weighted by atomic mass is 32.1. The lowest BCUT2D eigenvalue weighted by Gasteiger charge is -2.03. The van der Waals surface area contributed by atoms with Crippen LogP contribution in [-0.4, -0.2) is 10.9 Å². The summed E-state index contributed by atoms with van der Waals surface area (Å²) in [4.78, 5) is 17.6. The number of hydrogen-bond acceptors (Lipinski definition) is 3. The molecule has 128 valence electrons. The van der Waals surface area contributed by atoms with Crippen LogP contribution < -0.4 is 5.32 Å². The van der Waals surface area contributed by atoms with E-state index in [1.165, 1.54) is 41.7 Å². The molecule has 3 rings (SSSR count). The summed E-state index contributed by atoms with van der Waals surface area (Å²) in [6.07, 6.45) is 0.668. The topological polar surface area (TPSA) is 42.0 Å². The third kappa shape index (κ3) is 4.48. The number of rotatable bonds is 5. The van der Waals surface area contributed by atoms with E-state index in [9.17, 15) is 13.6 Å². The number of benzene rings is 2. The van der Waals surface area contributed by atoms with Gasteiger partial charge in [0.05, 0.1) is 12.2 Å². The van der Waals surface area contributed by atoms with Gasteiger partial charge in [0.15, 0.2) is 0 Å². The molecule has 0 atom stereocenters. The van der Waals surface area contributed by atoms with Crippen LogP contribution in [0.1, 0.15) is 31.5 Å². The summed E-state index contributed by atoms with van der Waals surface area (Å²) in [5.41, 5.74) is 2.17. The summed E-state index contributed by atoms with van der Waals surface area (Å²) in [5.74, 6) is -1.04. The predicted molar refractivity (Wildman–Crippen MR) is 93.6 cm³/mol. The largest absolute Gasteiger partial charge is 0.346 e. The molecule has 1 heterocycles. The van der Waals surface area contributed by atoms with Gasteiger partial charge in [0.2, 0.25) is 0 Å². The maximum atomic E-state index is 13.2. The Balaban J connectivity index is 1.64. The van der Waals surface area contributed by atoms with Crippen molar-refractivity contribution in [3.05, 3.63) is 86.9 Å². The minimum absolute atomic E-state index is 0.259. The van der Waals surface area contributed by atoms with Crippen LogP contribution in [0.15, 0.2) is 48.5 Å². The molecule has 3 aromatic rings. The monoisotopic (exact) mass is 358 g/mol. The van der Waals surface area contributed by atoms with E-state index < -0.39 is 5.82 Å². The van der Waals surface area contributed by atoms with Crippen molar-refractivity contribution in [2.24, 2.45) is 0 Å². The summed E-state index contributed by atoms with van der Waals surface area (Å²) in [7, 11) is 0. The molecule has 2 aromatic carbocycles. The Morgan fingerprint density at radius 2 is 1.88 bits per heavy atom. The second kappa shape index (κ2) is 7.53. The number of carbonyl (C=O) groups is 1. The fourth-order valence-electron chi connectivity index (χ4n) is 2.40. The normalized spacial score (nSPS) is 10.7. The van der Waals surface area contributed by atoms with Gasteiger partial charge in [-0.15, -0.1) is 11.3 Å². The van der Waals surface area contributed by atoms with Crippen LogP contribution in [0.4, 0.5) is 8.78 Å². The standard InChI is InChI=1S/C19H16F2N2OS/c1-12-17(9-13-5-7-15(20)8-6-13)25-18(23-12)11-22-19(24)14-3-2-4-16(21)10-14/h2-8,10H,9,11H2,1H3,(H,22,24). The van der Waals surface area contributed by atoms with Crippen LogP contribution in [-0.2, 0) is 13.0 Å². The molecule has 0 unspecified atom stereocenters. The molecule has 1 aromatic heterocycles. The lowest BCUT2D eigenvalue weighted by atomic mass is 10.1. The molecule has 3 nitrogen and oxygen atoms in total. The average Bonchev–Trinajstić information content (AvgIpc) is 2.94. The summed E-state index contributed by atoms with van der Waals surface area (Å²) in [6, 6.07) is 11.9. The first-order chi connectivity index (χ1) is 12.0. The van der Waals surface area contributed by atoms with Crippen LogP contribution in [0.3, 0.4) is 0 Å². The summed E-state index contributed by atoms with van der Waals surface area (Å²) in [6.45, 7) is 2.19. The van der Waals surface area contributed by atoms with E-state index in [1.54, 1.807) is 18.2 Å². The van der Waals surface area contributed by atoms with E-state index in [0.717, 1.165) is 21.1 Å². The van der Waals surface area contributed by atoms with Crippen molar-refractivity contribution in [2.45, 2.75) is 19.9 Å². The molecule has 0 bridgehead atoms. The Morgan fingerprint density at radius 1 is 1.12 bits per heavy atom. The van der Waals surface area contributed by atoms with Crippen LogP contribution in [0, 0.1) is 18.6 Å². The molecule has 0 aliphatic carbocycles. The third-order valence-corrected chi connectivity index (χ3v) is 4.86. The number of halogens is 2. The van der Waals surface area contributed by atoms with Gasteiger partial charge in [-0.05, 0) is 42.8 Å². The van der Waals surface area contributed by atoms with Crippen molar-refractivity contribution in [3.63, 3.8) is 0 Å². The highest BCUT2D eigenvalue weighted by molar-refractivity contribution is 7.11. The molecular weight excluding hydrogens is 342 g/mol. The van der Waals surface area contributed by atoms with Gasteiger partial charge in [-0.25, -0.2) is 13.8 Å². The fraction of sp³-hybridized carbons (Fsp3) is 0.158. The first-order valence-electron chi connectivity index (χ1n) is 7.74. The van der Waals surface area contributed by atoms with Gasteiger partial charge >= 0.3 is 0 Å². The zero-order valence-electron chi connectivity index (χ0n) is 13.6. The molecule has 0 spiro atoms. The van der Waals surface area contributed by atoms with E-state index >= 15 is 0 Å². The smallest absolute Gasteiger partial charge is 0.251 e.